The Morgan fingerprint density at radius 3 is 2.83 bits per heavy atom. The molecule has 0 amide bonds. The molecule has 5 heteroatoms. The van der Waals surface area contributed by atoms with Crippen molar-refractivity contribution in [1.29, 1.82) is 0 Å². The predicted octanol–water partition coefficient (Wildman–Crippen LogP) is 2.50. The van der Waals surface area contributed by atoms with Gasteiger partial charge in [-0.3, -0.25) is 4.90 Å². The van der Waals surface area contributed by atoms with Gasteiger partial charge in [-0.15, -0.1) is 0 Å². The fraction of sp³-hybridized carbons (Fsp3) is 0.538. The highest BCUT2D eigenvalue weighted by molar-refractivity contribution is 5.25. The molecule has 0 saturated carbocycles. The van der Waals surface area contributed by atoms with Gasteiger partial charge in [0, 0.05) is 32.2 Å². The minimum absolute atomic E-state index is 0.393. The molecule has 2 nitrogen and oxygen atoms in total. The zero-order chi connectivity index (χ0) is 13.2. The Morgan fingerprint density at radius 2 is 2.17 bits per heavy atom. The van der Waals surface area contributed by atoms with Crippen molar-refractivity contribution < 1.29 is 13.2 Å². The molecule has 1 aromatic rings. The van der Waals surface area contributed by atoms with Gasteiger partial charge in [-0.05, 0) is 18.6 Å². The number of benzene rings is 1. The molecule has 1 fully saturated rings. The molecule has 1 aliphatic rings. The zero-order valence-electron chi connectivity index (χ0n) is 10.3. The number of alkyl halides is 3. The van der Waals surface area contributed by atoms with E-state index in [1.807, 2.05) is 0 Å². The Bertz CT molecular complexity index is 403. The molecule has 0 aromatic heterocycles. The number of nitrogens with one attached hydrogen (secondary N) is 1. The van der Waals surface area contributed by atoms with Crippen LogP contribution in [0.15, 0.2) is 24.3 Å². The highest BCUT2D eigenvalue weighted by Gasteiger charge is 2.30. The van der Waals surface area contributed by atoms with Crippen LogP contribution in [0.2, 0.25) is 0 Å². The van der Waals surface area contributed by atoms with E-state index in [0.717, 1.165) is 31.3 Å². The predicted molar refractivity (Wildman–Crippen MR) is 64.2 cm³/mol. The molecule has 2 rings (SSSR count). The average molecular weight is 258 g/mol. The summed E-state index contributed by atoms with van der Waals surface area (Å²) in [5.41, 5.74) is 0.155. The van der Waals surface area contributed by atoms with E-state index in [1.54, 1.807) is 6.07 Å². The molecular formula is C13H17F3N2. The summed E-state index contributed by atoms with van der Waals surface area (Å²) in [7, 11) is 0. The van der Waals surface area contributed by atoms with Crippen molar-refractivity contribution in [2.75, 3.05) is 19.6 Å². The molecule has 18 heavy (non-hydrogen) atoms. The molecule has 1 aromatic carbocycles. The van der Waals surface area contributed by atoms with Gasteiger partial charge in [-0.1, -0.05) is 18.2 Å². The van der Waals surface area contributed by atoms with Crippen LogP contribution in [-0.4, -0.2) is 30.6 Å². The second-order valence-electron chi connectivity index (χ2n) is 4.79. The monoisotopic (exact) mass is 258 g/mol. The van der Waals surface area contributed by atoms with E-state index >= 15 is 0 Å². The quantitative estimate of drug-likeness (QED) is 0.876. The van der Waals surface area contributed by atoms with Crippen molar-refractivity contribution in [3.8, 4) is 0 Å². The summed E-state index contributed by atoms with van der Waals surface area (Å²) >= 11 is 0. The minimum Gasteiger partial charge on any atom is -0.312 e. The summed E-state index contributed by atoms with van der Waals surface area (Å²) in [6.07, 6.45) is -4.26. The maximum atomic E-state index is 12.6. The first kappa shape index (κ1) is 13.4. The van der Waals surface area contributed by atoms with Gasteiger partial charge in [-0.25, -0.2) is 0 Å². The van der Waals surface area contributed by atoms with Gasteiger partial charge >= 0.3 is 6.18 Å². The number of hydrogen-bond acceptors (Lipinski definition) is 2. The van der Waals surface area contributed by atoms with Gasteiger partial charge < -0.3 is 5.32 Å². The lowest BCUT2D eigenvalue weighted by atomic mass is 10.1. The molecule has 0 aliphatic carbocycles. The molecule has 0 radical (unpaired) electrons. The first-order chi connectivity index (χ1) is 8.45. The SMILES string of the molecule is CC1CN(Cc2cccc(C(F)(F)F)c2)CCN1. The number of piperazine rings is 1. The van der Waals surface area contributed by atoms with E-state index in [0.29, 0.717) is 12.6 Å². The molecule has 1 heterocycles. The van der Waals surface area contributed by atoms with Crippen LogP contribution >= 0.6 is 0 Å². The van der Waals surface area contributed by atoms with Gasteiger partial charge in [-0.2, -0.15) is 13.2 Å². The number of halogens is 3. The van der Waals surface area contributed by atoms with Crippen molar-refractivity contribution in [2.24, 2.45) is 0 Å². The third-order valence-electron chi connectivity index (χ3n) is 3.11. The fourth-order valence-corrected chi connectivity index (χ4v) is 2.26. The average Bonchev–Trinajstić information content (AvgIpc) is 2.28. The maximum Gasteiger partial charge on any atom is 0.416 e. The molecule has 0 spiro atoms. The van der Waals surface area contributed by atoms with Crippen molar-refractivity contribution >= 4 is 0 Å². The number of rotatable bonds is 2. The zero-order valence-corrected chi connectivity index (χ0v) is 10.3. The first-order valence-corrected chi connectivity index (χ1v) is 6.07. The van der Waals surface area contributed by atoms with Gasteiger partial charge in [0.1, 0.15) is 0 Å². The van der Waals surface area contributed by atoms with Crippen LogP contribution in [0.3, 0.4) is 0 Å². The van der Waals surface area contributed by atoms with Gasteiger partial charge in [0.05, 0.1) is 5.56 Å². The summed E-state index contributed by atoms with van der Waals surface area (Å²) in [5.74, 6) is 0. The Labute approximate surface area is 105 Å². The topological polar surface area (TPSA) is 15.3 Å². The van der Waals surface area contributed by atoms with Gasteiger partial charge in [0.15, 0.2) is 0 Å². The Hall–Kier alpha value is -1.07. The van der Waals surface area contributed by atoms with E-state index < -0.39 is 11.7 Å². The van der Waals surface area contributed by atoms with Crippen LogP contribution in [0.25, 0.3) is 0 Å². The van der Waals surface area contributed by atoms with Gasteiger partial charge in [0.2, 0.25) is 0 Å². The Morgan fingerprint density at radius 1 is 1.39 bits per heavy atom. The second-order valence-corrected chi connectivity index (χ2v) is 4.79. The first-order valence-electron chi connectivity index (χ1n) is 6.07. The van der Waals surface area contributed by atoms with E-state index in [4.69, 9.17) is 0 Å². The van der Waals surface area contributed by atoms with Crippen LogP contribution < -0.4 is 5.32 Å². The van der Waals surface area contributed by atoms with E-state index in [2.05, 4.69) is 17.1 Å². The van der Waals surface area contributed by atoms with Crippen LogP contribution in [0, 0.1) is 0 Å². The van der Waals surface area contributed by atoms with Gasteiger partial charge in [0.25, 0.3) is 0 Å². The summed E-state index contributed by atoms with van der Waals surface area (Å²) < 4.78 is 37.8. The molecule has 1 aliphatic heterocycles. The third-order valence-corrected chi connectivity index (χ3v) is 3.11. The van der Waals surface area contributed by atoms with Crippen molar-refractivity contribution in [3.05, 3.63) is 35.4 Å². The lowest BCUT2D eigenvalue weighted by molar-refractivity contribution is -0.137. The van der Waals surface area contributed by atoms with E-state index in [-0.39, 0.29) is 0 Å². The van der Waals surface area contributed by atoms with E-state index in [1.165, 1.54) is 12.1 Å². The lowest BCUT2D eigenvalue weighted by Gasteiger charge is -2.31. The summed E-state index contributed by atoms with van der Waals surface area (Å²) in [6.45, 7) is 5.30. The molecular weight excluding hydrogens is 241 g/mol. The molecule has 1 atom stereocenters. The standard InChI is InChI=1S/C13H17F3N2/c1-10-8-18(6-5-17-10)9-11-3-2-4-12(7-11)13(14,15)16/h2-4,7,10,17H,5-6,8-9H2,1H3. The number of hydrogen-bond donors (Lipinski definition) is 1. The molecule has 1 N–H and O–H groups in total. The largest absolute Gasteiger partial charge is 0.416 e. The van der Waals surface area contributed by atoms with E-state index in [9.17, 15) is 13.2 Å². The normalized spacial score (nSPS) is 22.1. The van der Waals surface area contributed by atoms with Crippen LogP contribution in [-0.2, 0) is 12.7 Å². The molecule has 100 valence electrons. The van der Waals surface area contributed by atoms with Crippen molar-refractivity contribution in [1.82, 2.24) is 10.2 Å². The van der Waals surface area contributed by atoms with Crippen LogP contribution in [0.4, 0.5) is 13.2 Å². The number of nitrogens with zero attached hydrogens (tertiary/aromatic N) is 1. The van der Waals surface area contributed by atoms with Crippen LogP contribution in [0.5, 0.6) is 0 Å². The highest BCUT2D eigenvalue weighted by Crippen LogP contribution is 2.29. The molecule has 0 bridgehead atoms. The van der Waals surface area contributed by atoms with Crippen molar-refractivity contribution in [2.45, 2.75) is 25.7 Å². The smallest absolute Gasteiger partial charge is 0.312 e. The van der Waals surface area contributed by atoms with Crippen molar-refractivity contribution in [3.63, 3.8) is 0 Å². The summed E-state index contributed by atoms with van der Waals surface area (Å²) in [6, 6.07) is 5.98. The molecule has 1 unspecified atom stereocenters. The Kier molecular flexibility index (Phi) is 3.92. The second kappa shape index (κ2) is 5.28. The van der Waals surface area contributed by atoms with Crippen LogP contribution in [0.1, 0.15) is 18.1 Å². The molecule has 1 saturated heterocycles. The fourth-order valence-electron chi connectivity index (χ4n) is 2.26. The summed E-state index contributed by atoms with van der Waals surface area (Å²) in [5, 5.41) is 3.31. The lowest BCUT2D eigenvalue weighted by Crippen LogP contribution is -2.48. The summed E-state index contributed by atoms with van der Waals surface area (Å²) in [4.78, 5) is 2.18. The Balaban J connectivity index is 2.05. The minimum atomic E-state index is -4.26. The highest BCUT2D eigenvalue weighted by atomic mass is 19.4. The maximum absolute atomic E-state index is 12.6. The third kappa shape index (κ3) is 3.46.